The molecule has 2 heterocycles. The average Bonchev–Trinajstić information content (AvgIpc) is 2.75. The highest BCUT2D eigenvalue weighted by atomic mass is 16.2. The van der Waals surface area contributed by atoms with Crippen molar-refractivity contribution in [2.75, 3.05) is 0 Å². The maximum absolute atomic E-state index is 11.8. The van der Waals surface area contributed by atoms with Crippen molar-refractivity contribution in [2.45, 2.75) is 13.3 Å². The summed E-state index contributed by atoms with van der Waals surface area (Å²) in [7, 11) is 3.06. The van der Waals surface area contributed by atoms with Gasteiger partial charge >= 0.3 is 5.69 Å². The number of aromatic nitrogens is 4. The molecular weight excluding hydrogens is 220 g/mol. The van der Waals surface area contributed by atoms with Crippen LogP contribution in [0.3, 0.4) is 0 Å². The number of imidazole rings is 1. The molecule has 2 rings (SSSR count). The lowest BCUT2D eigenvalue weighted by molar-refractivity contribution is 0.708. The van der Waals surface area contributed by atoms with Crippen LogP contribution >= 0.6 is 0 Å². The lowest BCUT2D eigenvalue weighted by atomic mass is 10.4. The van der Waals surface area contributed by atoms with Crippen LogP contribution in [-0.4, -0.2) is 19.1 Å². The van der Waals surface area contributed by atoms with E-state index in [1.54, 1.807) is 7.05 Å². The standard InChI is InChI=1S/C11H14N4O2/c1-4-5-6-7-12-8-9(13-7)14(2)11(17)15(3)10(8)16/h4-5H,6H2,1-3H3,(H,12,13). The molecule has 6 nitrogen and oxygen atoms in total. The number of nitrogens with one attached hydrogen (secondary N) is 1. The van der Waals surface area contributed by atoms with Crippen LogP contribution in [0.4, 0.5) is 0 Å². The third kappa shape index (κ3) is 1.71. The number of fused-ring (bicyclic) bond motifs is 1. The summed E-state index contributed by atoms with van der Waals surface area (Å²) in [6, 6.07) is 0. The van der Waals surface area contributed by atoms with Crippen molar-refractivity contribution in [2.24, 2.45) is 14.1 Å². The van der Waals surface area contributed by atoms with E-state index in [9.17, 15) is 9.59 Å². The van der Waals surface area contributed by atoms with E-state index in [0.29, 0.717) is 23.4 Å². The molecule has 1 N–H and O–H groups in total. The molecule has 0 aliphatic heterocycles. The van der Waals surface area contributed by atoms with E-state index in [2.05, 4.69) is 9.97 Å². The minimum absolute atomic E-state index is 0.345. The molecule has 0 amide bonds. The molecule has 0 atom stereocenters. The fraction of sp³-hybridized carbons (Fsp3) is 0.364. The van der Waals surface area contributed by atoms with Gasteiger partial charge in [-0.25, -0.2) is 9.78 Å². The predicted octanol–water partition coefficient (Wildman–Crippen LogP) is 0.0789. The molecule has 0 aliphatic carbocycles. The van der Waals surface area contributed by atoms with Crippen LogP contribution in [0.2, 0.25) is 0 Å². The molecular formula is C11H14N4O2. The van der Waals surface area contributed by atoms with Crippen molar-refractivity contribution in [1.29, 1.82) is 0 Å². The molecule has 6 heteroatoms. The summed E-state index contributed by atoms with van der Waals surface area (Å²) >= 11 is 0. The SMILES string of the molecule is CC=CCc1nc2c([nH]1)c(=O)n(C)c(=O)n2C. The van der Waals surface area contributed by atoms with Gasteiger partial charge in [0.2, 0.25) is 0 Å². The van der Waals surface area contributed by atoms with E-state index in [1.807, 2.05) is 19.1 Å². The van der Waals surface area contributed by atoms with Gasteiger partial charge in [-0.1, -0.05) is 12.2 Å². The molecule has 0 unspecified atom stereocenters. The van der Waals surface area contributed by atoms with Crippen molar-refractivity contribution in [3.63, 3.8) is 0 Å². The van der Waals surface area contributed by atoms with Crippen LogP contribution in [0.1, 0.15) is 12.7 Å². The van der Waals surface area contributed by atoms with Crippen LogP contribution in [-0.2, 0) is 20.5 Å². The zero-order valence-corrected chi connectivity index (χ0v) is 10.0. The average molecular weight is 234 g/mol. The summed E-state index contributed by atoms with van der Waals surface area (Å²) in [5.74, 6) is 0.677. The van der Waals surface area contributed by atoms with E-state index >= 15 is 0 Å². The first-order valence-corrected chi connectivity index (χ1v) is 5.32. The molecule has 0 aromatic carbocycles. The summed E-state index contributed by atoms with van der Waals surface area (Å²) in [5.41, 5.74) is 0.0561. The van der Waals surface area contributed by atoms with Crippen LogP contribution in [0.15, 0.2) is 21.7 Å². The summed E-state index contributed by atoms with van der Waals surface area (Å²) < 4.78 is 2.44. The molecule has 0 radical (unpaired) electrons. The fourth-order valence-electron chi connectivity index (χ4n) is 1.70. The molecule has 0 spiro atoms. The minimum Gasteiger partial charge on any atom is -0.336 e. The smallest absolute Gasteiger partial charge is 0.332 e. The normalized spacial score (nSPS) is 11.7. The Morgan fingerprint density at radius 3 is 2.65 bits per heavy atom. The van der Waals surface area contributed by atoms with E-state index in [0.717, 1.165) is 4.57 Å². The number of aromatic amines is 1. The monoisotopic (exact) mass is 234 g/mol. The Kier molecular flexibility index (Phi) is 2.71. The number of hydrogen-bond donors (Lipinski definition) is 1. The van der Waals surface area contributed by atoms with Gasteiger partial charge in [-0.3, -0.25) is 13.9 Å². The topological polar surface area (TPSA) is 72.7 Å². The zero-order chi connectivity index (χ0) is 12.6. The lowest BCUT2D eigenvalue weighted by Gasteiger charge is -2.00. The van der Waals surface area contributed by atoms with Crippen molar-refractivity contribution in [3.05, 3.63) is 38.8 Å². The number of hydrogen-bond acceptors (Lipinski definition) is 3. The Hall–Kier alpha value is -2.11. The highest BCUT2D eigenvalue weighted by molar-refractivity contribution is 5.69. The molecule has 0 fully saturated rings. The number of H-pyrrole nitrogens is 1. The van der Waals surface area contributed by atoms with Gasteiger partial charge < -0.3 is 4.98 Å². The first-order valence-electron chi connectivity index (χ1n) is 5.32. The Labute approximate surface area is 97.2 Å². The van der Waals surface area contributed by atoms with E-state index in [-0.39, 0.29) is 11.2 Å². The maximum Gasteiger partial charge on any atom is 0.332 e. The van der Waals surface area contributed by atoms with Crippen LogP contribution in [0.25, 0.3) is 11.2 Å². The van der Waals surface area contributed by atoms with E-state index in [4.69, 9.17) is 0 Å². The first kappa shape index (κ1) is 11.4. The third-order valence-corrected chi connectivity index (χ3v) is 2.69. The van der Waals surface area contributed by atoms with Crippen molar-refractivity contribution < 1.29 is 0 Å². The molecule has 0 bridgehead atoms. The highest BCUT2D eigenvalue weighted by Crippen LogP contribution is 2.04. The molecule has 2 aromatic heterocycles. The second-order valence-electron chi connectivity index (χ2n) is 3.86. The minimum atomic E-state index is -0.369. The molecule has 2 aromatic rings. The van der Waals surface area contributed by atoms with Crippen molar-refractivity contribution in [1.82, 2.24) is 19.1 Å². The van der Waals surface area contributed by atoms with Crippen LogP contribution in [0, 0.1) is 0 Å². The summed E-state index contributed by atoms with van der Waals surface area (Å²) in [5, 5.41) is 0. The van der Waals surface area contributed by atoms with Gasteiger partial charge in [0.15, 0.2) is 5.65 Å². The number of rotatable bonds is 2. The first-order chi connectivity index (χ1) is 8.06. The fourth-order valence-corrected chi connectivity index (χ4v) is 1.70. The summed E-state index contributed by atoms with van der Waals surface area (Å²) in [6.45, 7) is 1.91. The van der Waals surface area contributed by atoms with Gasteiger partial charge in [-0.15, -0.1) is 0 Å². The Balaban J connectivity index is 2.77. The van der Waals surface area contributed by atoms with Gasteiger partial charge in [0.05, 0.1) is 0 Å². The van der Waals surface area contributed by atoms with E-state index in [1.165, 1.54) is 11.6 Å². The van der Waals surface area contributed by atoms with Gasteiger partial charge in [-0.2, -0.15) is 0 Å². The lowest BCUT2D eigenvalue weighted by Crippen LogP contribution is -2.36. The van der Waals surface area contributed by atoms with Crippen molar-refractivity contribution >= 4 is 11.2 Å². The molecule has 0 saturated carbocycles. The van der Waals surface area contributed by atoms with Crippen LogP contribution < -0.4 is 11.2 Å². The van der Waals surface area contributed by atoms with Crippen molar-refractivity contribution in [3.8, 4) is 0 Å². The van der Waals surface area contributed by atoms with E-state index < -0.39 is 0 Å². The third-order valence-electron chi connectivity index (χ3n) is 2.69. The predicted molar refractivity (Wildman–Crippen MR) is 65.1 cm³/mol. The molecule has 0 saturated heterocycles. The molecule has 0 aliphatic rings. The Bertz CT molecular complexity index is 703. The Morgan fingerprint density at radius 2 is 2.00 bits per heavy atom. The van der Waals surface area contributed by atoms with Gasteiger partial charge in [0.25, 0.3) is 5.56 Å². The van der Waals surface area contributed by atoms with Gasteiger partial charge in [0, 0.05) is 20.5 Å². The largest absolute Gasteiger partial charge is 0.336 e. The summed E-state index contributed by atoms with van der Waals surface area (Å²) in [6.07, 6.45) is 4.45. The number of nitrogens with zero attached hydrogens (tertiary/aromatic N) is 3. The maximum atomic E-state index is 11.8. The second-order valence-corrected chi connectivity index (χ2v) is 3.86. The number of aryl methyl sites for hydroxylation is 1. The van der Waals surface area contributed by atoms with Gasteiger partial charge in [-0.05, 0) is 6.92 Å². The quantitative estimate of drug-likeness (QED) is 0.748. The highest BCUT2D eigenvalue weighted by Gasteiger charge is 2.12. The Morgan fingerprint density at radius 1 is 1.29 bits per heavy atom. The second kappa shape index (κ2) is 4.04. The molecule has 17 heavy (non-hydrogen) atoms. The summed E-state index contributed by atoms with van der Waals surface area (Å²) in [4.78, 5) is 30.7. The molecule has 90 valence electrons. The van der Waals surface area contributed by atoms with Gasteiger partial charge in [0.1, 0.15) is 11.3 Å². The number of allylic oxidation sites excluding steroid dienone is 2. The zero-order valence-electron chi connectivity index (χ0n) is 10.0. The van der Waals surface area contributed by atoms with Crippen LogP contribution in [0.5, 0.6) is 0 Å².